The second-order valence-electron chi connectivity index (χ2n) is 4.74. The molecule has 0 amide bonds. The van der Waals surface area contributed by atoms with Crippen LogP contribution in [0.1, 0.15) is 66.2 Å². The summed E-state index contributed by atoms with van der Waals surface area (Å²) in [6.45, 7) is 12.9. The largest absolute Gasteiger partial charge is 0.298 e. The van der Waals surface area contributed by atoms with Crippen molar-refractivity contribution in [2.75, 3.05) is 0 Å². The third-order valence-corrected chi connectivity index (χ3v) is 3.32. The van der Waals surface area contributed by atoms with Crippen LogP contribution < -0.4 is 0 Å². The quantitative estimate of drug-likeness (QED) is 0.509. The summed E-state index contributed by atoms with van der Waals surface area (Å²) >= 11 is 0. The first-order valence-corrected chi connectivity index (χ1v) is 6.07. The Morgan fingerprint density at radius 2 is 1.86 bits per heavy atom. The van der Waals surface area contributed by atoms with E-state index in [9.17, 15) is 0 Å². The van der Waals surface area contributed by atoms with Gasteiger partial charge in [-0.1, -0.05) is 47.0 Å². The van der Waals surface area contributed by atoms with E-state index in [1.54, 1.807) is 0 Å². The topological polar surface area (TPSA) is 12.4 Å². The third kappa shape index (κ3) is 4.78. The highest BCUT2D eigenvalue weighted by atomic mass is 14.7. The number of aliphatic imine (C=N–C) groups is 1. The summed E-state index contributed by atoms with van der Waals surface area (Å²) in [4.78, 5) is 4.24. The molecule has 0 bridgehead atoms. The zero-order valence-corrected chi connectivity index (χ0v) is 10.5. The lowest BCUT2D eigenvalue weighted by molar-refractivity contribution is 0.234. The van der Waals surface area contributed by atoms with Gasteiger partial charge in [0.1, 0.15) is 0 Å². The minimum absolute atomic E-state index is 0.482. The summed E-state index contributed by atoms with van der Waals surface area (Å²) < 4.78 is 0. The Hall–Kier alpha value is -0.330. The average molecular weight is 197 g/mol. The van der Waals surface area contributed by atoms with E-state index >= 15 is 0 Å². The van der Waals surface area contributed by atoms with Crippen LogP contribution in [0.15, 0.2) is 4.99 Å². The molecule has 0 fully saturated rings. The molecule has 1 nitrogen and oxygen atoms in total. The first kappa shape index (κ1) is 13.7. The Morgan fingerprint density at radius 3 is 2.21 bits per heavy atom. The minimum atomic E-state index is 0.482. The third-order valence-electron chi connectivity index (χ3n) is 3.32. The summed E-state index contributed by atoms with van der Waals surface area (Å²) in [5.74, 6) is 0. The van der Waals surface area contributed by atoms with Crippen LogP contribution in [0.3, 0.4) is 0 Å². The highest BCUT2D eigenvalue weighted by molar-refractivity contribution is 5.24. The van der Waals surface area contributed by atoms with E-state index in [2.05, 4.69) is 39.4 Å². The molecule has 0 N–H and O–H groups in total. The monoisotopic (exact) mass is 197 g/mol. The van der Waals surface area contributed by atoms with E-state index in [0.717, 1.165) is 0 Å². The van der Waals surface area contributed by atoms with Gasteiger partial charge in [0.15, 0.2) is 0 Å². The number of hydrogen-bond acceptors (Lipinski definition) is 1. The molecule has 0 saturated carbocycles. The second kappa shape index (κ2) is 7.03. The molecular weight excluding hydrogens is 170 g/mol. The fourth-order valence-electron chi connectivity index (χ4n) is 2.19. The number of rotatable bonds is 8. The number of hydrogen-bond donors (Lipinski definition) is 0. The Bertz CT molecular complexity index is 153. The van der Waals surface area contributed by atoms with Gasteiger partial charge >= 0.3 is 0 Å². The van der Waals surface area contributed by atoms with Gasteiger partial charge in [-0.2, -0.15) is 0 Å². The van der Waals surface area contributed by atoms with E-state index in [4.69, 9.17) is 0 Å². The van der Waals surface area contributed by atoms with Crippen molar-refractivity contribution < 1.29 is 0 Å². The smallest absolute Gasteiger partial charge is 0.0497 e. The summed E-state index contributed by atoms with van der Waals surface area (Å²) in [6.07, 6.45) is 7.49. The molecule has 0 heterocycles. The van der Waals surface area contributed by atoms with Crippen molar-refractivity contribution >= 4 is 6.72 Å². The van der Waals surface area contributed by atoms with Crippen molar-refractivity contribution in [1.82, 2.24) is 0 Å². The molecule has 14 heavy (non-hydrogen) atoms. The number of nitrogens with zero attached hydrogens (tertiary/aromatic N) is 1. The highest BCUT2D eigenvalue weighted by Crippen LogP contribution is 2.34. The van der Waals surface area contributed by atoms with Gasteiger partial charge in [-0.3, -0.25) is 4.99 Å². The van der Waals surface area contributed by atoms with Crippen LogP contribution in [0.5, 0.6) is 0 Å². The molecule has 84 valence electrons. The summed E-state index contributed by atoms with van der Waals surface area (Å²) in [5.41, 5.74) is 0.482. The molecule has 2 unspecified atom stereocenters. The predicted octanol–water partition coefficient (Wildman–Crippen LogP) is 4.46. The van der Waals surface area contributed by atoms with Gasteiger partial charge in [0.2, 0.25) is 0 Å². The van der Waals surface area contributed by atoms with Crippen LogP contribution >= 0.6 is 0 Å². The van der Waals surface area contributed by atoms with Crippen molar-refractivity contribution in [3.63, 3.8) is 0 Å². The average Bonchev–Trinajstić information content (AvgIpc) is 2.17. The molecule has 0 aliphatic heterocycles. The Morgan fingerprint density at radius 1 is 1.21 bits per heavy atom. The lowest BCUT2D eigenvalue weighted by Crippen LogP contribution is -2.21. The lowest BCUT2D eigenvalue weighted by Gasteiger charge is -2.30. The van der Waals surface area contributed by atoms with Crippen LogP contribution in [0, 0.1) is 5.41 Å². The van der Waals surface area contributed by atoms with E-state index in [0.29, 0.717) is 11.5 Å². The van der Waals surface area contributed by atoms with Crippen molar-refractivity contribution in [2.24, 2.45) is 10.4 Å². The fourth-order valence-corrected chi connectivity index (χ4v) is 2.19. The van der Waals surface area contributed by atoms with Gasteiger partial charge < -0.3 is 0 Å². The zero-order chi connectivity index (χ0) is 11.0. The maximum Gasteiger partial charge on any atom is 0.0497 e. The van der Waals surface area contributed by atoms with Crippen LogP contribution in [-0.4, -0.2) is 12.8 Å². The molecule has 0 saturated heterocycles. The lowest BCUT2D eigenvalue weighted by atomic mass is 9.77. The molecule has 0 radical (unpaired) electrons. The summed E-state index contributed by atoms with van der Waals surface area (Å²) in [6, 6.07) is 0.483. The van der Waals surface area contributed by atoms with E-state index in [1.165, 1.54) is 38.5 Å². The van der Waals surface area contributed by atoms with Crippen LogP contribution in [-0.2, 0) is 0 Å². The molecule has 0 aliphatic carbocycles. The zero-order valence-electron chi connectivity index (χ0n) is 10.5. The van der Waals surface area contributed by atoms with Gasteiger partial charge in [0.25, 0.3) is 0 Å². The molecule has 1 heteroatoms. The maximum atomic E-state index is 4.24. The molecule has 0 rings (SSSR count). The summed E-state index contributed by atoms with van der Waals surface area (Å²) in [5, 5.41) is 0. The molecular formula is C13H27N. The van der Waals surface area contributed by atoms with Gasteiger partial charge in [0.05, 0.1) is 0 Å². The van der Waals surface area contributed by atoms with Gasteiger partial charge in [0, 0.05) is 6.04 Å². The fraction of sp³-hybridized carbons (Fsp3) is 0.923. The Labute approximate surface area is 90.0 Å². The first-order valence-electron chi connectivity index (χ1n) is 6.07. The minimum Gasteiger partial charge on any atom is -0.298 e. The SMILES string of the molecule is C=NC(CCC)CC(C)(CC)CCC. The molecule has 2 atom stereocenters. The molecule has 0 aliphatic rings. The standard InChI is InChI=1S/C13H27N/c1-6-9-12(14-5)11-13(4,8-3)10-7-2/h12H,5-11H2,1-4H3. The van der Waals surface area contributed by atoms with E-state index in [-0.39, 0.29) is 0 Å². The molecule has 0 aromatic rings. The molecule has 0 aromatic carbocycles. The summed E-state index contributed by atoms with van der Waals surface area (Å²) in [7, 11) is 0. The molecule has 0 spiro atoms. The van der Waals surface area contributed by atoms with Crippen molar-refractivity contribution in [1.29, 1.82) is 0 Å². The van der Waals surface area contributed by atoms with Gasteiger partial charge in [-0.25, -0.2) is 0 Å². The maximum absolute atomic E-state index is 4.24. The Kier molecular flexibility index (Phi) is 6.86. The van der Waals surface area contributed by atoms with Crippen LogP contribution in [0.25, 0.3) is 0 Å². The van der Waals surface area contributed by atoms with Crippen molar-refractivity contribution in [3.05, 3.63) is 0 Å². The first-order chi connectivity index (χ1) is 6.61. The Balaban J connectivity index is 4.18. The van der Waals surface area contributed by atoms with Crippen molar-refractivity contribution in [3.8, 4) is 0 Å². The second-order valence-corrected chi connectivity index (χ2v) is 4.74. The predicted molar refractivity (Wildman–Crippen MR) is 66.2 cm³/mol. The van der Waals surface area contributed by atoms with Gasteiger partial charge in [-0.15, -0.1) is 0 Å². The molecule has 0 aromatic heterocycles. The van der Waals surface area contributed by atoms with Gasteiger partial charge in [-0.05, 0) is 31.4 Å². The van der Waals surface area contributed by atoms with E-state index < -0.39 is 0 Å². The van der Waals surface area contributed by atoms with Crippen LogP contribution in [0.4, 0.5) is 0 Å². The highest BCUT2D eigenvalue weighted by Gasteiger charge is 2.24. The van der Waals surface area contributed by atoms with Crippen molar-refractivity contribution in [2.45, 2.75) is 72.3 Å². The van der Waals surface area contributed by atoms with E-state index in [1.807, 2.05) is 0 Å². The van der Waals surface area contributed by atoms with Crippen LogP contribution in [0.2, 0.25) is 0 Å². The normalized spacial score (nSPS) is 17.4.